The molecule has 1 rings (SSSR count). The molecule has 106 valence electrons. The fourth-order valence-electron chi connectivity index (χ4n) is 2.54. The van der Waals surface area contributed by atoms with Crippen LogP contribution in [0.4, 0.5) is 0 Å². The molecular weight excluding hydrogens is 226 g/mol. The minimum atomic E-state index is 0.115. The molecule has 0 aromatic heterocycles. The summed E-state index contributed by atoms with van der Waals surface area (Å²) >= 11 is 0. The van der Waals surface area contributed by atoms with E-state index < -0.39 is 0 Å². The second kappa shape index (κ2) is 8.48. The molecule has 1 heterocycles. The van der Waals surface area contributed by atoms with Crippen molar-refractivity contribution in [1.29, 1.82) is 0 Å². The van der Waals surface area contributed by atoms with Gasteiger partial charge in [-0.05, 0) is 46.2 Å². The van der Waals surface area contributed by atoms with Crippen molar-refractivity contribution in [2.45, 2.75) is 58.5 Å². The van der Waals surface area contributed by atoms with Gasteiger partial charge < -0.3 is 10.6 Å². The summed E-state index contributed by atoms with van der Waals surface area (Å²) in [5.41, 5.74) is 0. The molecule has 1 amide bonds. The Bertz CT molecular complexity index is 239. The van der Waals surface area contributed by atoms with Crippen molar-refractivity contribution >= 4 is 5.91 Å². The predicted octanol–water partition coefficient (Wildman–Crippen LogP) is 1.37. The van der Waals surface area contributed by atoms with E-state index >= 15 is 0 Å². The van der Waals surface area contributed by atoms with Gasteiger partial charge >= 0.3 is 0 Å². The van der Waals surface area contributed by atoms with Crippen molar-refractivity contribution in [3.63, 3.8) is 0 Å². The Morgan fingerprint density at radius 1 is 1.28 bits per heavy atom. The van der Waals surface area contributed by atoms with Crippen molar-refractivity contribution < 1.29 is 4.79 Å². The predicted molar refractivity (Wildman–Crippen MR) is 75.7 cm³/mol. The Morgan fingerprint density at radius 3 is 2.56 bits per heavy atom. The Morgan fingerprint density at radius 2 is 1.94 bits per heavy atom. The Kier molecular flexibility index (Phi) is 7.28. The van der Waals surface area contributed by atoms with E-state index in [1.165, 1.54) is 25.9 Å². The third-order valence-corrected chi connectivity index (χ3v) is 3.62. The SMILES string of the molecule is CCCC(C)NC(=O)CNCC(C)N1CCCC1. The molecule has 2 atom stereocenters. The molecule has 1 aliphatic rings. The van der Waals surface area contributed by atoms with Crippen LogP contribution in [0.25, 0.3) is 0 Å². The molecule has 0 spiro atoms. The van der Waals surface area contributed by atoms with E-state index in [1.54, 1.807) is 0 Å². The molecule has 4 heteroatoms. The number of likely N-dealkylation sites (tertiary alicyclic amines) is 1. The third kappa shape index (κ3) is 5.83. The van der Waals surface area contributed by atoms with Crippen LogP contribution in [0.5, 0.6) is 0 Å². The van der Waals surface area contributed by atoms with Crippen molar-refractivity contribution in [2.24, 2.45) is 0 Å². The molecule has 0 radical (unpaired) electrons. The first-order valence-electron chi connectivity index (χ1n) is 7.37. The lowest BCUT2D eigenvalue weighted by Gasteiger charge is -2.24. The summed E-state index contributed by atoms with van der Waals surface area (Å²) < 4.78 is 0. The highest BCUT2D eigenvalue weighted by atomic mass is 16.1. The minimum Gasteiger partial charge on any atom is -0.353 e. The molecule has 2 N–H and O–H groups in total. The number of amides is 1. The van der Waals surface area contributed by atoms with Gasteiger partial charge in [-0.1, -0.05) is 13.3 Å². The van der Waals surface area contributed by atoms with Crippen LogP contribution in [0.2, 0.25) is 0 Å². The smallest absolute Gasteiger partial charge is 0.234 e. The van der Waals surface area contributed by atoms with Crippen LogP contribution in [-0.4, -0.2) is 49.1 Å². The monoisotopic (exact) mass is 255 g/mol. The van der Waals surface area contributed by atoms with Gasteiger partial charge in [-0.2, -0.15) is 0 Å². The number of hydrogen-bond acceptors (Lipinski definition) is 3. The zero-order valence-electron chi connectivity index (χ0n) is 12.2. The summed E-state index contributed by atoms with van der Waals surface area (Å²) in [7, 11) is 0. The number of carbonyl (C=O) groups excluding carboxylic acids is 1. The summed E-state index contributed by atoms with van der Waals surface area (Å²) in [6.45, 7) is 10.2. The van der Waals surface area contributed by atoms with Gasteiger partial charge in [0.25, 0.3) is 0 Å². The van der Waals surface area contributed by atoms with E-state index in [-0.39, 0.29) is 5.91 Å². The largest absolute Gasteiger partial charge is 0.353 e. The van der Waals surface area contributed by atoms with E-state index in [1.807, 2.05) is 0 Å². The first kappa shape index (κ1) is 15.4. The second-order valence-electron chi connectivity index (χ2n) is 5.48. The number of nitrogens with one attached hydrogen (secondary N) is 2. The van der Waals surface area contributed by atoms with Crippen molar-refractivity contribution in [3.8, 4) is 0 Å². The fourth-order valence-corrected chi connectivity index (χ4v) is 2.54. The molecular formula is C14H29N3O. The molecule has 2 unspecified atom stereocenters. The summed E-state index contributed by atoms with van der Waals surface area (Å²) in [5, 5.41) is 6.26. The third-order valence-electron chi connectivity index (χ3n) is 3.62. The first-order chi connectivity index (χ1) is 8.63. The van der Waals surface area contributed by atoms with Crippen LogP contribution in [-0.2, 0) is 4.79 Å². The second-order valence-corrected chi connectivity index (χ2v) is 5.48. The minimum absolute atomic E-state index is 0.115. The van der Waals surface area contributed by atoms with Gasteiger partial charge in [-0.15, -0.1) is 0 Å². The van der Waals surface area contributed by atoms with Gasteiger partial charge in [0.15, 0.2) is 0 Å². The lowest BCUT2D eigenvalue weighted by Crippen LogP contribution is -2.43. The first-order valence-corrected chi connectivity index (χ1v) is 7.37. The van der Waals surface area contributed by atoms with Crippen LogP contribution in [0.15, 0.2) is 0 Å². The molecule has 1 saturated heterocycles. The van der Waals surface area contributed by atoms with Crippen molar-refractivity contribution in [2.75, 3.05) is 26.2 Å². The van der Waals surface area contributed by atoms with E-state index in [2.05, 4.69) is 36.3 Å². The zero-order chi connectivity index (χ0) is 13.4. The number of carbonyl (C=O) groups is 1. The quantitative estimate of drug-likeness (QED) is 0.688. The van der Waals surface area contributed by atoms with Gasteiger partial charge in [0.05, 0.1) is 6.54 Å². The van der Waals surface area contributed by atoms with Crippen molar-refractivity contribution in [3.05, 3.63) is 0 Å². The highest BCUT2D eigenvalue weighted by Gasteiger charge is 2.17. The van der Waals surface area contributed by atoms with E-state index in [9.17, 15) is 4.79 Å². The maximum atomic E-state index is 11.6. The molecule has 0 aromatic carbocycles. The van der Waals surface area contributed by atoms with Crippen LogP contribution >= 0.6 is 0 Å². The molecule has 0 aromatic rings. The molecule has 1 fully saturated rings. The van der Waals surface area contributed by atoms with Gasteiger partial charge in [-0.3, -0.25) is 9.69 Å². The van der Waals surface area contributed by atoms with E-state index in [0.717, 1.165) is 19.4 Å². The molecule has 0 aliphatic carbocycles. The van der Waals surface area contributed by atoms with Gasteiger partial charge in [-0.25, -0.2) is 0 Å². The highest BCUT2D eigenvalue weighted by Crippen LogP contribution is 2.10. The average molecular weight is 255 g/mol. The fraction of sp³-hybridized carbons (Fsp3) is 0.929. The average Bonchev–Trinajstić information content (AvgIpc) is 2.82. The van der Waals surface area contributed by atoms with Crippen LogP contribution in [0, 0.1) is 0 Å². The number of hydrogen-bond donors (Lipinski definition) is 2. The van der Waals surface area contributed by atoms with Crippen LogP contribution in [0.3, 0.4) is 0 Å². The number of rotatable bonds is 8. The highest BCUT2D eigenvalue weighted by molar-refractivity contribution is 5.78. The van der Waals surface area contributed by atoms with Gasteiger partial charge in [0, 0.05) is 18.6 Å². The Labute approximate surface area is 111 Å². The van der Waals surface area contributed by atoms with Gasteiger partial charge in [0.2, 0.25) is 5.91 Å². The van der Waals surface area contributed by atoms with E-state index in [0.29, 0.717) is 18.6 Å². The zero-order valence-corrected chi connectivity index (χ0v) is 12.2. The summed E-state index contributed by atoms with van der Waals surface area (Å²) in [6, 6.07) is 0.827. The molecule has 4 nitrogen and oxygen atoms in total. The Balaban J connectivity index is 2.07. The normalized spacial score (nSPS) is 19.7. The number of nitrogens with zero attached hydrogens (tertiary/aromatic N) is 1. The Hall–Kier alpha value is -0.610. The van der Waals surface area contributed by atoms with E-state index in [4.69, 9.17) is 0 Å². The maximum Gasteiger partial charge on any atom is 0.234 e. The molecule has 0 saturated carbocycles. The van der Waals surface area contributed by atoms with Crippen LogP contribution in [0.1, 0.15) is 46.5 Å². The summed E-state index contributed by atoms with van der Waals surface area (Å²) in [6.07, 6.45) is 4.80. The lowest BCUT2D eigenvalue weighted by molar-refractivity contribution is -0.120. The maximum absolute atomic E-state index is 11.6. The molecule has 0 bridgehead atoms. The topological polar surface area (TPSA) is 44.4 Å². The summed E-state index contributed by atoms with van der Waals surface area (Å²) in [5.74, 6) is 0.115. The molecule has 18 heavy (non-hydrogen) atoms. The molecule has 1 aliphatic heterocycles. The van der Waals surface area contributed by atoms with Crippen molar-refractivity contribution in [1.82, 2.24) is 15.5 Å². The van der Waals surface area contributed by atoms with Crippen LogP contribution < -0.4 is 10.6 Å². The summed E-state index contributed by atoms with van der Waals surface area (Å²) in [4.78, 5) is 14.1. The lowest BCUT2D eigenvalue weighted by atomic mass is 10.2. The standard InChI is InChI=1S/C14H29N3O/c1-4-7-12(2)16-14(18)11-15-10-13(3)17-8-5-6-9-17/h12-13,15H,4-11H2,1-3H3,(H,16,18). The van der Waals surface area contributed by atoms with Gasteiger partial charge in [0.1, 0.15) is 0 Å².